The van der Waals surface area contributed by atoms with Crippen LogP contribution >= 0.6 is 11.3 Å². The molecular weight excluding hydrogens is 208 g/mol. The Morgan fingerprint density at radius 1 is 1.33 bits per heavy atom. The number of ether oxygens (including phenoxy) is 1. The summed E-state index contributed by atoms with van der Waals surface area (Å²) in [7, 11) is 0. The molecule has 0 radical (unpaired) electrons. The molecule has 0 bridgehead atoms. The normalized spacial score (nSPS) is 18.8. The van der Waals surface area contributed by atoms with Crippen molar-refractivity contribution in [2.45, 2.75) is 6.10 Å². The largest absolute Gasteiger partial charge is 0.481 e. The SMILES string of the molecule is c1cc(C2CNc3cscc3O2)ccn1. The van der Waals surface area contributed by atoms with Crippen LogP contribution in [0.1, 0.15) is 11.7 Å². The van der Waals surface area contributed by atoms with Gasteiger partial charge in [0.25, 0.3) is 0 Å². The van der Waals surface area contributed by atoms with Gasteiger partial charge in [-0.25, -0.2) is 0 Å². The van der Waals surface area contributed by atoms with E-state index in [1.165, 1.54) is 0 Å². The Labute approximate surface area is 91.7 Å². The van der Waals surface area contributed by atoms with Crippen molar-refractivity contribution in [3.05, 3.63) is 40.8 Å². The Balaban J connectivity index is 1.88. The molecule has 1 atom stereocenters. The fraction of sp³-hybridized carbons (Fsp3) is 0.182. The van der Waals surface area contributed by atoms with Crippen LogP contribution in [0.2, 0.25) is 0 Å². The van der Waals surface area contributed by atoms with E-state index in [2.05, 4.69) is 15.7 Å². The van der Waals surface area contributed by atoms with Crippen LogP contribution in [0.15, 0.2) is 35.3 Å². The summed E-state index contributed by atoms with van der Waals surface area (Å²) in [6, 6.07) is 3.98. The van der Waals surface area contributed by atoms with Crippen molar-refractivity contribution in [3.63, 3.8) is 0 Å². The minimum atomic E-state index is 0.0927. The fourth-order valence-electron chi connectivity index (χ4n) is 1.67. The molecule has 3 rings (SSSR count). The molecule has 0 fully saturated rings. The maximum Gasteiger partial charge on any atom is 0.154 e. The summed E-state index contributed by atoms with van der Waals surface area (Å²) in [4.78, 5) is 4.00. The molecule has 2 aromatic heterocycles. The highest BCUT2D eigenvalue weighted by molar-refractivity contribution is 7.08. The van der Waals surface area contributed by atoms with Crippen molar-refractivity contribution in [1.82, 2.24) is 4.98 Å². The number of aromatic nitrogens is 1. The first kappa shape index (κ1) is 8.73. The summed E-state index contributed by atoms with van der Waals surface area (Å²) < 4.78 is 5.88. The summed E-state index contributed by atoms with van der Waals surface area (Å²) in [5.41, 5.74) is 2.26. The third-order valence-corrected chi connectivity index (χ3v) is 3.17. The summed E-state index contributed by atoms with van der Waals surface area (Å²) in [5, 5.41) is 7.45. The van der Waals surface area contributed by atoms with E-state index in [1.807, 2.05) is 17.5 Å². The van der Waals surface area contributed by atoms with Gasteiger partial charge in [-0.2, -0.15) is 0 Å². The summed E-state index contributed by atoms with van der Waals surface area (Å²) in [6.45, 7) is 0.813. The Morgan fingerprint density at radius 3 is 3.07 bits per heavy atom. The van der Waals surface area contributed by atoms with Gasteiger partial charge in [0.2, 0.25) is 0 Å². The molecular formula is C11H10N2OS. The monoisotopic (exact) mass is 218 g/mol. The molecule has 1 aliphatic rings. The second-order valence-electron chi connectivity index (χ2n) is 3.42. The lowest BCUT2D eigenvalue weighted by molar-refractivity contribution is 0.211. The molecule has 76 valence electrons. The Kier molecular flexibility index (Phi) is 2.07. The molecule has 3 heterocycles. The molecule has 4 heteroatoms. The van der Waals surface area contributed by atoms with Crippen LogP contribution in [0.5, 0.6) is 5.75 Å². The Morgan fingerprint density at radius 2 is 2.20 bits per heavy atom. The van der Waals surface area contributed by atoms with Crippen molar-refractivity contribution in [3.8, 4) is 5.75 Å². The highest BCUT2D eigenvalue weighted by Crippen LogP contribution is 2.36. The van der Waals surface area contributed by atoms with Gasteiger partial charge in [0.1, 0.15) is 6.10 Å². The molecule has 15 heavy (non-hydrogen) atoms. The Bertz CT molecular complexity index is 455. The van der Waals surface area contributed by atoms with E-state index < -0.39 is 0 Å². The van der Waals surface area contributed by atoms with Gasteiger partial charge in [-0.1, -0.05) is 0 Å². The van der Waals surface area contributed by atoms with Gasteiger partial charge >= 0.3 is 0 Å². The molecule has 0 saturated carbocycles. The van der Waals surface area contributed by atoms with Crippen LogP contribution in [0.4, 0.5) is 5.69 Å². The number of anilines is 1. The fourth-order valence-corrected chi connectivity index (χ4v) is 2.38. The predicted molar refractivity (Wildman–Crippen MR) is 60.4 cm³/mol. The minimum absolute atomic E-state index is 0.0927. The second kappa shape index (κ2) is 3.55. The molecule has 2 aromatic rings. The molecule has 3 nitrogen and oxygen atoms in total. The topological polar surface area (TPSA) is 34.1 Å². The number of fused-ring (bicyclic) bond motifs is 1. The van der Waals surface area contributed by atoms with E-state index in [4.69, 9.17) is 4.74 Å². The van der Waals surface area contributed by atoms with Crippen molar-refractivity contribution in [1.29, 1.82) is 0 Å². The Hall–Kier alpha value is -1.55. The van der Waals surface area contributed by atoms with Crippen LogP contribution in [-0.4, -0.2) is 11.5 Å². The van der Waals surface area contributed by atoms with E-state index in [9.17, 15) is 0 Å². The van der Waals surface area contributed by atoms with Gasteiger partial charge in [0.15, 0.2) is 5.75 Å². The van der Waals surface area contributed by atoms with E-state index in [1.54, 1.807) is 23.7 Å². The molecule has 1 unspecified atom stereocenters. The maximum absolute atomic E-state index is 5.88. The number of hydrogen-bond donors (Lipinski definition) is 1. The lowest BCUT2D eigenvalue weighted by Gasteiger charge is -2.25. The van der Waals surface area contributed by atoms with Gasteiger partial charge < -0.3 is 10.1 Å². The molecule has 0 saturated heterocycles. The van der Waals surface area contributed by atoms with Crippen LogP contribution < -0.4 is 10.1 Å². The third kappa shape index (κ3) is 1.57. The quantitative estimate of drug-likeness (QED) is 0.799. The van der Waals surface area contributed by atoms with Gasteiger partial charge in [-0.05, 0) is 17.7 Å². The van der Waals surface area contributed by atoms with E-state index in [0.717, 1.165) is 23.5 Å². The molecule has 0 spiro atoms. The molecule has 1 aliphatic heterocycles. The number of thiophene rings is 1. The second-order valence-corrected chi connectivity index (χ2v) is 4.16. The van der Waals surface area contributed by atoms with Crippen molar-refractivity contribution >= 4 is 17.0 Å². The standard InChI is InChI=1S/C11H10N2OS/c1-3-12-4-2-8(1)10-5-13-9-6-15-7-11(9)14-10/h1-4,6-7,10,13H,5H2. The summed E-state index contributed by atoms with van der Waals surface area (Å²) >= 11 is 1.65. The number of hydrogen-bond acceptors (Lipinski definition) is 4. The van der Waals surface area contributed by atoms with Crippen LogP contribution in [0, 0.1) is 0 Å². The van der Waals surface area contributed by atoms with Crippen LogP contribution in [0.25, 0.3) is 0 Å². The van der Waals surface area contributed by atoms with Crippen molar-refractivity contribution < 1.29 is 4.74 Å². The van der Waals surface area contributed by atoms with Gasteiger partial charge in [0.05, 0.1) is 12.2 Å². The number of nitrogens with one attached hydrogen (secondary N) is 1. The summed E-state index contributed by atoms with van der Waals surface area (Å²) in [5.74, 6) is 0.952. The average Bonchev–Trinajstić information content (AvgIpc) is 2.77. The molecule has 0 amide bonds. The smallest absolute Gasteiger partial charge is 0.154 e. The molecule has 1 N–H and O–H groups in total. The maximum atomic E-state index is 5.88. The molecule has 0 aromatic carbocycles. The van der Waals surface area contributed by atoms with Gasteiger partial charge in [-0.15, -0.1) is 11.3 Å². The average molecular weight is 218 g/mol. The van der Waals surface area contributed by atoms with E-state index in [0.29, 0.717) is 0 Å². The van der Waals surface area contributed by atoms with Crippen molar-refractivity contribution in [2.75, 3.05) is 11.9 Å². The predicted octanol–water partition coefficient (Wildman–Crippen LogP) is 2.69. The van der Waals surface area contributed by atoms with Crippen molar-refractivity contribution in [2.24, 2.45) is 0 Å². The first-order valence-corrected chi connectivity index (χ1v) is 5.74. The minimum Gasteiger partial charge on any atom is -0.481 e. The first-order chi connectivity index (χ1) is 7.43. The number of pyridine rings is 1. The third-order valence-electron chi connectivity index (χ3n) is 2.45. The lowest BCUT2D eigenvalue weighted by atomic mass is 10.1. The molecule has 0 aliphatic carbocycles. The highest BCUT2D eigenvalue weighted by atomic mass is 32.1. The first-order valence-electron chi connectivity index (χ1n) is 4.80. The zero-order valence-electron chi connectivity index (χ0n) is 8.01. The zero-order valence-corrected chi connectivity index (χ0v) is 8.83. The van der Waals surface area contributed by atoms with E-state index >= 15 is 0 Å². The van der Waals surface area contributed by atoms with Crippen LogP contribution in [-0.2, 0) is 0 Å². The van der Waals surface area contributed by atoms with Gasteiger partial charge in [0, 0.05) is 23.2 Å². The van der Waals surface area contributed by atoms with Gasteiger partial charge in [-0.3, -0.25) is 4.98 Å². The lowest BCUT2D eigenvalue weighted by Crippen LogP contribution is -2.22. The number of rotatable bonds is 1. The van der Waals surface area contributed by atoms with Crippen LogP contribution in [0.3, 0.4) is 0 Å². The van der Waals surface area contributed by atoms with E-state index in [-0.39, 0.29) is 6.10 Å². The highest BCUT2D eigenvalue weighted by Gasteiger charge is 2.20. The summed E-state index contributed by atoms with van der Waals surface area (Å²) in [6.07, 6.45) is 3.68. The number of nitrogens with zero attached hydrogens (tertiary/aromatic N) is 1. The zero-order chi connectivity index (χ0) is 10.1.